The molecule has 1 heterocycles. The van der Waals surface area contributed by atoms with Crippen molar-refractivity contribution in [2.75, 3.05) is 7.05 Å². The summed E-state index contributed by atoms with van der Waals surface area (Å²) in [7, 11) is 1.83. The van der Waals surface area contributed by atoms with E-state index in [1.807, 2.05) is 34.7 Å². The van der Waals surface area contributed by atoms with Crippen LogP contribution >= 0.6 is 11.3 Å². The molecule has 1 aromatic rings. The first-order valence-electron chi connectivity index (χ1n) is 6.67. The average Bonchev–Trinajstić information content (AvgIpc) is 2.64. The summed E-state index contributed by atoms with van der Waals surface area (Å²) in [5, 5.41) is 1.12. The van der Waals surface area contributed by atoms with Crippen LogP contribution in [0.3, 0.4) is 0 Å². The number of amides is 1. The number of hydrogen-bond acceptors (Lipinski definition) is 4. The smallest absolute Gasteiger partial charge is 0.410 e. The maximum absolute atomic E-state index is 12.1. The second kappa shape index (κ2) is 5.12. The number of ether oxygens (including phenoxy) is 1. The molecule has 0 aromatic carbocycles. The predicted octanol–water partition coefficient (Wildman–Crippen LogP) is 3.18. The molecule has 1 aliphatic carbocycles. The number of nitrogens with zero attached hydrogens (tertiary/aromatic N) is 2. The molecule has 2 rings (SSSR count). The van der Waals surface area contributed by atoms with E-state index in [1.54, 1.807) is 16.2 Å². The number of thiazole rings is 1. The minimum atomic E-state index is -0.438. The molecule has 106 valence electrons. The summed E-state index contributed by atoms with van der Waals surface area (Å²) in [6.45, 7) is 7.72. The normalized spacial score (nSPS) is 18.9. The molecule has 0 aliphatic heterocycles. The van der Waals surface area contributed by atoms with Crippen LogP contribution in [-0.2, 0) is 17.6 Å². The summed E-state index contributed by atoms with van der Waals surface area (Å²) in [5.74, 6) is 0. The topological polar surface area (TPSA) is 42.4 Å². The molecule has 0 saturated carbocycles. The molecule has 1 unspecified atom stereocenters. The van der Waals surface area contributed by atoms with Crippen LogP contribution in [0.2, 0.25) is 0 Å². The van der Waals surface area contributed by atoms with Gasteiger partial charge in [0.25, 0.3) is 0 Å². The van der Waals surface area contributed by atoms with Gasteiger partial charge in [-0.15, -0.1) is 11.3 Å². The van der Waals surface area contributed by atoms with Gasteiger partial charge >= 0.3 is 6.09 Å². The number of aromatic nitrogens is 1. The van der Waals surface area contributed by atoms with Gasteiger partial charge in [-0.2, -0.15) is 0 Å². The van der Waals surface area contributed by atoms with Crippen LogP contribution < -0.4 is 0 Å². The van der Waals surface area contributed by atoms with Crippen molar-refractivity contribution in [1.29, 1.82) is 0 Å². The fraction of sp³-hybridized carbons (Fsp3) is 0.714. The Labute approximate surface area is 118 Å². The third-order valence-corrected chi connectivity index (χ3v) is 4.29. The lowest BCUT2D eigenvalue weighted by Gasteiger charge is -2.32. The fourth-order valence-electron chi connectivity index (χ4n) is 2.30. The van der Waals surface area contributed by atoms with E-state index < -0.39 is 5.60 Å². The Hall–Kier alpha value is -1.10. The SMILES string of the molecule is Cc1nc2c(s1)CC(N(C)C(=O)OC(C)(C)C)CC2. The molecule has 0 fully saturated rings. The zero-order chi connectivity index (χ0) is 14.2. The van der Waals surface area contributed by atoms with Gasteiger partial charge in [0.15, 0.2) is 0 Å². The van der Waals surface area contributed by atoms with E-state index in [0.29, 0.717) is 0 Å². The standard InChI is InChI=1S/C14H22N2O2S/c1-9-15-11-7-6-10(8-12(11)19-9)16(5)13(17)18-14(2,3)4/h10H,6-8H2,1-5H3. The van der Waals surface area contributed by atoms with E-state index >= 15 is 0 Å². The van der Waals surface area contributed by atoms with Gasteiger partial charge in [-0.1, -0.05) is 0 Å². The zero-order valence-corrected chi connectivity index (χ0v) is 13.1. The number of fused-ring (bicyclic) bond motifs is 1. The summed E-state index contributed by atoms with van der Waals surface area (Å²) in [4.78, 5) is 19.7. The number of carbonyl (C=O) groups excluding carboxylic acids is 1. The molecule has 19 heavy (non-hydrogen) atoms. The monoisotopic (exact) mass is 282 g/mol. The second-order valence-electron chi connectivity index (χ2n) is 6.09. The first kappa shape index (κ1) is 14.3. The van der Waals surface area contributed by atoms with Crippen LogP contribution in [0.5, 0.6) is 0 Å². The lowest BCUT2D eigenvalue weighted by Crippen LogP contribution is -2.43. The molecule has 0 saturated heterocycles. The highest BCUT2D eigenvalue weighted by Gasteiger charge is 2.29. The number of hydrogen-bond donors (Lipinski definition) is 0. The van der Waals surface area contributed by atoms with Crippen LogP contribution in [0.25, 0.3) is 0 Å². The lowest BCUT2D eigenvalue weighted by molar-refractivity contribution is 0.0210. The van der Waals surface area contributed by atoms with Crippen LogP contribution in [0.4, 0.5) is 4.79 Å². The third-order valence-electron chi connectivity index (χ3n) is 3.25. The third kappa shape index (κ3) is 3.47. The minimum Gasteiger partial charge on any atom is -0.444 e. The van der Waals surface area contributed by atoms with Gasteiger partial charge in [0.2, 0.25) is 0 Å². The van der Waals surface area contributed by atoms with Crippen molar-refractivity contribution in [2.45, 2.75) is 58.6 Å². The lowest BCUT2D eigenvalue weighted by atomic mass is 9.97. The van der Waals surface area contributed by atoms with E-state index in [9.17, 15) is 4.79 Å². The van der Waals surface area contributed by atoms with Crippen LogP contribution in [0.15, 0.2) is 0 Å². The molecule has 1 amide bonds. The van der Waals surface area contributed by atoms with Crippen LogP contribution in [-0.4, -0.2) is 34.7 Å². The van der Waals surface area contributed by atoms with E-state index in [-0.39, 0.29) is 12.1 Å². The Bertz CT molecular complexity index is 476. The van der Waals surface area contributed by atoms with Crippen molar-refractivity contribution in [2.24, 2.45) is 0 Å². The summed E-state index contributed by atoms with van der Waals surface area (Å²) in [6, 6.07) is 0.224. The van der Waals surface area contributed by atoms with Gasteiger partial charge in [0, 0.05) is 24.4 Å². The quantitative estimate of drug-likeness (QED) is 0.794. The highest BCUT2D eigenvalue weighted by Crippen LogP contribution is 2.29. The van der Waals surface area contributed by atoms with Crippen molar-refractivity contribution in [3.05, 3.63) is 15.6 Å². The van der Waals surface area contributed by atoms with E-state index in [1.165, 1.54) is 10.6 Å². The Morgan fingerprint density at radius 3 is 2.79 bits per heavy atom. The highest BCUT2D eigenvalue weighted by molar-refractivity contribution is 7.11. The van der Waals surface area contributed by atoms with E-state index in [2.05, 4.69) is 4.98 Å². The molecule has 0 spiro atoms. The first-order chi connectivity index (χ1) is 8.76. The maximum Gasteiger partial charge on any atom is 0.410 e. The molecular formula is C14H22N2O2S. The van der Waals surface area contributed by atoms with Gasteiger partial charge in [-0.3, -0.25) is 0 Å². The first-order valence-corrected chi connectivity index (χ1v) is 7.49. The van der Waals surface area contributed by atoms with Crippen molar-refractivity contribution in [3.63, 3.8) is 0 Å². The maximum atomic E-state index is 12.1. The van der Waals surface area contributed by atoms with E-state index in [4.69, 9.17) is 4.74 Å². The minimum absolute atomic E-state index is 0.224. The predicted molar refractivity (Wildman–Crippen MR) is 76.7 cm³/mol. The van der Waals surface area contributed by atoms with Crippen LogP contribution in [0.1, 0.15) is 42.8 Å². The number of likely N-dealkylation sites (N-methyl/N-ethyl adjacent to an activating group) is 1. The summed E-state index contributed by atoms with van der Waals surface area (Å²) in [6.07, 6.45) is 2.59. The summed E-state index contributed by atoms with van der Waals surface area (Å²) >= 11 is 1.75. The molecular weight excluding hydrogens is 260 g/mol. The van der Waals surface area contributed by atoms with Gasteiger partial charge in [0.05, 0.1) is 10.7 Å². The van der Waals surface area contributed by atoms with Crippen molar-refractivity contribution < 1.29 is 9.53 Å². The summed E-state index contributed by atoms with van der Waals surface area (Å²) < 4.78 is 5.42. The van der Waals surface area contributed by atoms with Gasteiger partial charge in [0.1, 0.15) is 5.60 Å². The molecule has 1 aromatic heterocycles. The van der Waals surface area contributed by atoms with Crippen molar-refractivity contribution in [3.8, 4) is 0 Å². The van der Waals surface area contributed by atoms with Gasteiger partial charge < -0.3 is 9.64 Å². The van der Waals surface area contributed by atoms with Crippen molar-refractivity contribution in [1.82, 2.24) is 9.88 Å². The fourth-order valence-corrected chi connectivity index (χ4v) is 3.35. The number of rotatable bonds is 1. The zero-order valence-electron chi connectivity index (χ0n) is 12.3. The Balaban J connectivity index is 2.02. The largest absolute Gasteiger partial charge is 0.444 e. The Kier molecular flexibility index (Phi) is 3.85. The molecule has 1 aliphatic rings. The molecule has 0 N–H and O–H groups in total. The van der Waals surface area contributed by atoms with Gasteiger partial charge in [-0.05, 0) is 40.5 Å². The van der Waals surface area contributed by atoms with Gasteiger partial charge in [-0.25, -0.2) is 9.78 Å². The average molecular weight is 282 g/mol. The molecule has 1 atom stereocenters. The molecule has 5 heteroatoms. The summed E-state index contributed by atoms with van der Waals surface area (Å²) in [5.41, 5.74) is 0.781. The number of carbonyl (C=O) groups is 1. The second-order valence-corrected chi connectivity index (χ2v) is 7.38. The highest BCUT2D eigenvalue weighted by atomic mass is 32.1. The number of aryl methyl sites for hydroxylation is 2. The Morgan fingerprint density at radius 1 is 1.47 bits per heavy atom. The molecule has 0 radical (unpaired) electrons. The molecule has 4 nitrogen and oxygen atoms in total. The van der Waals surface area contributed by atoms with E-state index in [0.717, 1.165) is 24.3 Å². The molecule has 0 bridgehead atoms. The van der Waals surface area contributed by atoms with Crippen LogP contribution in [0, 0.1) is 6.92 Å². The van der Waals surface area contributed by atoms with Crippen molar-refractivity contribution >= 4 is 17.4 Å². The Morgan fingerprint density at radius 2 is 2.16 bits per heavy atom.